The molecule has 1 aliphatic heterocycles. The van der Waals surface area contributed by atoms with Gasteiger partial charge in [0.2, 0.25) is 0 Å². The van der Waals surface area contributed by atoms with Gasteiger partial charge in [0.15, 0.2) is 11.2 Å². The van der Waals surface area contributed by atoms with E-state index in [0.29, 0.717) is 11.2 Å². The third-order valence-electron chi connectivity index (χ3n) is 5.80. The Kier molecular flexibility index (Phi) is 7.29. The number of nitrogens with zero attached hydrogens (tertiary/aromatic N) is 5. The lowest BCUT2D eigenvalue weighted by molar-refractivity contribution is -0.153. The van der Waals surface area contributed by atoms with Crippen molar-refractivity contribution >= 4 is 17.1 Å². The third kappa shape index (κ3) is 5.41. The van der Waals surface area contributed by atoms with E-state index in [2.05, 4.69) is 9.88 Å². The summed E-state index contributed by atoms with van der Waals surface area (Å²) < 4.78 is 9.29. The Morgan fingerprint density at radius 2 is 1.87 bits per heavy atom. The second kappa shape index (κ2) is 9.75. The van der Waals surface area contributed by atoms with Gasteiger partial charge in [0.1, 0.15) is 6.10 Å². The highest BCUT2D eigenvalue weighted by Crippen LogP contribution is 2.15. The normalized spacial score (nSPS) is 17.7. The second-order valence-electron chi connectivity index (χ2n) is 8.35. The number of carbonyl (C=O) groups is 1. The summed E-state index contributed by atoms with van der Waals surface area (Å²) >= 11 is 0. The summed E-state index contributed by atoms with van der Waals surface area (Å²) in [6, 6.07) is 0. The average molecular weight is 437 g/mol. The maximum absolute atomic E-state index is 12.7. The fourth-order valence-corrected chi connectivity index (χ4v) is 3.92. The molecule has 1 fully saturated rings. The number of fused-ring (bicyclic) bond motifs is 1. The minimum absolute atomic E-state index is 0.0133. The Bertz CT molecular complexity index is 1030. The number of hydrogen-bond acceptors (Lipinski definition) is 8. The summed E-state index contributed by atoms with van der Waals surface area (Å²) in [5.74, 6) is -0.485. The number of esters is 1. The predicted octanol–water partition coefficient (Wildman–Crippen LogP) is -1.04. The summed E-state index contributed by atoms with van der Waals surface area (Å²) in [4.78, 5) is 43.4. The topological polar surface area (TPSA) is 132 Å². The van der Waals surface area contributed by atoms with Gasteiger partial charge in [-0.15, -0.1) is 0 Å². The van der Waals surface area contributed by atoms with Crippen molar-refractivity contribution in [2.24, 2.45) is 14.1 Å². The summed E-state index contributed by atoms with van der Waals surface area (Å²) in [7, 11) is 5.22. The number of aliphatic hydroxyl groups excluding tert-OH is 2. The molecule has 0 spiro atoms. The van der Waals surface area contributed by atoms with Gasteiger partial charge in [0.25, 0.3) is 5.56 Å². The van der Waals surface area contributed by atoms with Gasteiger partial charge in [-0.25, -0.2) is 9.78 Å². The average Bonchev–Trinajstić information content (AvgIpc) is 3.09. The van der Waals surface area contributed by atoms with E-state index in [1.165, 1.54) is 17.9 Å². The molecule has 1 aliphatic rings. The molecule has 0 aliphatic carbocycles. The molecular weight excluding hydrogens is 406 g/mol. The molecule has 1 saturated heterocycles. The first-order valence-electron chi connectivity index (χ1n) is 10.5. The number of likely N-dealkylation sites (tertiary alicyclic amines) is 1. The van der Waals surface area contributed by atoms with Crippen molar-refractivity contribution in [2.45, 2.75) is 57.0 Å². The molecule has 31 heavy (non-hydrogen) atoms. The monoisotopic (exact) mass is 437 g/mol. The number of aliphatic hydroxyl groups is 2. The summed E-state index contributed by atoms with van der Waals surface area (Å²) in [6.07, 6.45) is 0.656. The lowest BCUT2D eigenvalue weighted by Crippen LogP contribution is -2.40. The molecule has 2 aromatic rings. The molecule has 2 aromatic heterocycles. The third-order valence-corrected chi connectivity index (χ3v) is 5.80. The predicted molar refractivity (Wildman–Crippen MR) is 113 cm³/mol. The molecule has 172 valence electrons. The van der Waals surface area contributed by atoms with Crippen molar-refractivity contribution in [2.75, 3.05) is 20.1 Å². The van der Waals surface area contributed by atoms with Gasteiger partial charge in [0.05, 0.1) is 25.0 Å². The van der Waals surface area contributed by atoms with E-state index in [1.54, 1.807) is 11.6 Å². The van der Waals surface area contributed by atoms with Crippen LogP contribution in [0.4, 0.5) is 0 Å². The quantitative estimate of drug-likeness (QED) is 0.501. The minimum atomic E-state index is -1.06. The molecule has 0 radical (unpaired) electrons. The maximum Gasteiger partial charge on any atom is 0.332 e. The molecule has 11 nitrogen and oxygen atoms in total. The van der Waals surface area contributed by atoms with Gasteiger partial charge in [-0.1, -0.05) is 0 Å². The molecule has 0 aromatic carbocycles. The van der Waals surface area contributed by atoms with E-state index in [4.69, 9.17) is 4.74 Å². The van der Waals surface area contributed by atoms with Crippen LogP contribution in [0.25, 0.3) is 11.2 Å². The standard InChI is InChI=1S/C20H31N5O6/c1-22-7-5-15(6-8-22)31-16(28)11-14(27)10-13(26)4-9-25-19(29)17-18(21-12-23(17)2)24(3)20(25)30/h12-15,26-27H,4-11H2,1-3H3/t13-,14-/m1/s1. The van der Waals surface area contributed by atoms with Gasteiger partial charge in [-0.3, -0.25) is 18.7 Å². The fourth-order valence-electron chi connectivity index (χ4n) is 3.92. The zero-order chi connectivity index (χ0) is 22.7. The highest BCUT2D eigenvalue weighted by molar-refractivity contribution is 5.70. The number of piperidine rings is 1. The molecule has 0 unspecified atom stereocenters. The smallest absolute Gasteiger partial charge is 0.332 e. The Morgan fingerprint density at radius 1 is 1.19 bits per heavy atom. The SMILES string of the molecule is CN1CCC(OC(=O)C[C@H](O)C[C@H](O)CCn2c(=O)c3c(ncn3C)n(C)c2=O)CC1. The van der Waals surface area contributed by atoms with Crippen molar-refractivity contribution in [1.29, 1.82) is 0 Å². The zero-order valence-corrected chi connectivity index (χ0v) is 18.2. The van der Waals surface area contributed by atoms with Gasteiger partial charge in [-0.05, 0) is 32.7 Å². The van der Waals surface area contributed by atoms with Crippen molar-refractivity contribution in [1.82, 2.24) is 23.6 Å². The van der Waals surface area contributed by atoms with Crippen LogP contribution in [0.1, 0.15) is 32.1 Å². The van der Waals surface area contributed by atoms with Gasteiger partial charge < -0.3 is 24.4 Å². The maximum atomic E-state index is 12.7. The van der Waals surface area contributed by atoms with Crippen LogP contribution in [0.15, 0.2) is 15.9 Å². The summed E-state index contributed by atoms with van der Waals surface area (Å²) in [6.45, 7) is 1.71. The van der Waals surface area contributed by atoms with Crippen LogP contribution in [0.3, 0.4) is 0 Å². The Hall–Kier alpha value is -2.50. The van der Waals surface area contributed by atoms with Crippen molar-refractivity contribution in [3.63, 3.8) is 0 Å². The van der Waals surface area contributed by atoms with Crippen LogP contribution >= 0.6 is 0 Å². The number of ether oxygens (including phenoxy) is 1. The van der Waals surface area contributed by atoms with Crippen LogP contribution < -0.4 is 11.2 Å². The van der Waals surface area contributed by atoms with E-state index in [0.717, 1.165) is 30.5 Å². The molecule has 2 N–H and O–H groups in total. The van der Waals surface area contributed by atoms with Gasteiger partial charge in [0, 0.05) is 33.7 Å². The lowest BCUT2D eigenvalue weighted by Gasteiger charge is -2.28. The Labute approximate surface area is 179 Å². The van der Waals surface area contributed by atoms with E-state index in [9.17, 15) is 24.6 Å². The first-order chi connectivity index (χ1) is 14.7. The van der Waals surface area contributed by atoms with Crippen molar-refractivity contribution in [3.8, 4) is 0 Å². The van der Waals surface area contributed by atoms with Crippen molar-refractivity contribution in [3.05, 3.63) is 27.2 Å². The first kappa shape index (κ1) is 23.2. The van der Waals surface area contributed by atoms with Gasteiger partial charge in [-0.2, -0.15) is 0 Å². The molecule has 0 bridgehead atoms. The molecular formula is C20H31N5O6. The fraction of sp³-hybridized carbons (Fsp3) is 0.700. The Balaban J connectivity index is 1.52. The largest absolute Gasteiger partial charge is 0.462 e. The van der Waals surface area contributed by atoms with E-state index in [1.807, 2.05) is 7.05 Å². The van der Waals surface area contributed by atoms with Gasteiger partial charge >= 0.3 is 11.7 Å². The lowest BCUT2D eigenvalue weighted by atomic mass is 10.1. The van der Waals surface area contributed by atoms with Crippen molar-refractivity contribution < 1.29 is 19.7 Å². The first-order valence-corrected chi connectivity index (χ1v) is 10.5. The number of aryl methyl sites for hydroxylation is 2. The molecule has 0 saturated carbocycles. The van der Waals surface area contributed by atoms with E-state index >= 15 is 0 Å². The number of imidazole rings is 1. The van der Waals surface area contributed by atoms with Crippen LogP contribution in [0.2, 0.25) is 0 Å². The van der Waals surface area contributed by atoms with Crippen LogP contribution in [0.5, 0.6) is 0 Å². The molecule has 3 heterocycles. The molecule has 3 rings (SSSR count). The molecule has 2 atom stereocenters. The van der Waals surface area contributed by atoms with Crippen LogP contribution in [-0.2, 0) is 30.2 Å². The highest BCUT2D eigenvalue weighted by Gasteiger charge is 2.23. The number of rotatable bonds is 8. The Morgan fingerprint density at radius 3 is 2.55 bits per heavy atom. The van der Waals surface area contributed by atoms with Crippen LogP contribution in [0, 0.1) is 0 Å². The minimum Gasteiger partial charge on any atom is -0.462 e. The molecule has 11 heteroatoms. The zero-order valence-electron chi connectivity index (χ0n) is 18.2. The molecule has 0 amide bonds. The highest BCUT2D eigenvalue weighted by atomic mass is 16.5. The number of aromatic nitrogens is 4. The number of hydrogen-bond donors (Lipinski definition) is 2. The second-order valence-corrected chi connectivity index (χ2v) is 8.35. The summed E-state index contributed by atoms with van der Waals surface area (Å²) in [5, 5.41) is 20.4. The van der Waals surface area contributed by atoms with Crippen LogP contribution in [-0.4, -0.2) is 78.2 Å². The van der Waals surface area contributed by atoms with E-state index in [-0.39, 0.29) is 31.9 Å². The summed E-state index contributed by atoms with van der Waals surface area (Å²) in [5.41, 5.74) is -0.403. The van der Waals surface area contributed by atoms with E-state index < -0.39 is 29.4 Å². The number of carbonyl (C=O) groups excluding carboxylic acids is 1.